The smallest absolute Gasteiger partial charge is 0.121 e. The molecule has 0 spiro atoms. The number of nitrogens with zero attached hydrogens (tertiary/aromatic N) is 2. The molecule has 2 aromatic rings. The lowest BCUT2D eigenvalue weighted by Gasteiger charge is -2.09. The number of ether oxygens (including phenoxy) is 1. The van der Waals surface area contributed by atoms with Crippen LogP contribution in [0, 0.1) is 0 Å². The first-order valence-electron chi connectivity index (χ1n) is 5.13. The molecule has 0 unspecified atom stereocenters. The standard InChI is InChI=1S/C12H16N2O/c1-8(2)10-5-9(15-4)6-12-11(10)7-13-14(12)3/h5-8H,1-4H3. The van der Waals surface area contributed by atoms with Gasteiger partial charge in [0.15, 0.2) is 0 Å². The summed E-state index contributed by atoms with van der Waals surface area (Å²) >= 11 is 0. The van der Waals surface area contributed by atoms with Crippen molar-refractivity contribution >= 4 is 10.9 Å². The normalized spacial score (nSPS) is 11.3. The van der Waals surface area contributed by atoms with Crippen LogP contribution in [0.15, 0.2) is 18.3 Å². The zero-order valence-corrected chi connectivity index (χ0v) is 9.61. The summed E-state index contributed by atoms with van der Waals surface area (Å²) in [5, 5.41) is 5.49. The Morgan fingerprint density at radius 2 is 2.07 bits per heavy atom. The van der Waals surface area contributed by atoms with Crippen molar-refractivity contribution in [3.05, 3.63) is 23.9 Å². The summed E-state index contributed by atoms with van der Waals surface area (Å²) in [5.41, 5.74) is 2.41. The van der Waals surface area contributed by atoms with Gasteiger partial charge in [0.1, 0.15) is 5.75 Å². The molecule has 0 atom stereocenters. The second kappa shape index (κ2) is 3.57. The van der Waals surface area contributed by atoms with Crippen LogP contribution >= 0.6 is 0 Å². The molecule has 0 amide bonds. The molecule has 3 heteroatoms. The van der Waals surface area contributed by atoms with Crippen molar-refractivity contribution in [2.24, 2.45) is 7.05 Å². The third-order valence-electron chi connectivity index (χ3n) is 2.73. The fraction of sp³-hybridized carbons (Fsp3) is 0.417. The Morgan fingerprint density at radius 1 is 1.33 bits per heavy atom. The molecule has 0 radical (unpaired) electrons. The van der Waals surface area contributed by atoms with Crippen LogP contribution in [0.5, 0.6) is 5.75 Å². The highest BCUT2D eigenvalue weighted by Gasteiger charge is 2.10. The van der Waals surface area contributed by atoms with Crippen LogP contribution in [0.4, 0.5) is 0 Å². The van der Waals surface area contributed by atoms with Gasteiger partial charge in [0.05, 0.1) is 18.8 Å². The zero-order valence-electron chi connectivity index (χ0n) is 9.61. The molecule has 0 aliphatic rings. The third-order valence-corrected chi connectivity index (χ3v) is 2.73. The van der Waals surface area contributed by atoms with Crippen LogP contribution in [0.3, 0.4) is 0 Å². The van der Waals surface area contributed by atoms with Gasteiger partial charge in [-0.2, -0.15) is 5.10 Å². The summed E-state index contributed by atoms with van der Waals surface area (Å²) in [5.74, 6) is 1.38. The van der Waals surface area contributed by atoms with Crippen molar-refractivity contribution in [2.45, 2.75) is 19.8 Å². The molecule has 3 nitrogen and oxygen atoms in total. The Labute approximate surface area is 89.7 Å². The number of hydrogen-bond donors (Lipinski definition) is 0. The average molecular weight is 204 g/mol. The van der Waals surface area contributed by atoms with Crippen LogP contribution in [0.1, 0.15) is 25.3 Å². The quantitative estimate of drug-likeness (QED) is 0.752. The third kappa shape index (κ3) is 1.58. The Kier molecular flexibility index (Phi) is 2.39. The molecule has 0 fully saturated rings. The summed E-state index contributed by atoms with van der Waals surface area (Å²) in [7, 11) is 3.65. The fourth-order valence-corrected chi connectivity index (χ4v) is 1.84. The van der Waals surface area contributed by atoms with E-state index < -0.39 is 0 Å². The summed E-state index contributed by atoms with van der Waals surface area (Å²) in [6, 6.07) is 4.11. The van der Waals surface area contributed by atoms with Gasteiger partial charge in [0, 0.05) is 18.5 Å². The van der Waals surface area contributed by atoms with Gasteiger partial charge < -0.3 is 4.74 Å². The average Bonchev–Trinajstić information content (AvgIpc) is 2.59. The number of benzene rings is 1. The van der Waals surface area contributed by atoms with E-state index in [1.54, 1.807) is 7.11 Å². The van der Waals surface area contributed by atoms with Crippen LogP contribution in [0.2, 0.25) is 0 Å². The lowest BCUT2D eigenvalue weighted by atomic mass is 9.99. The predicted octanol–water partition coefficient (Wildman–Crippen LogP) is 2.71. The Balaban J connectivity index is 2.76. The lowest BCUT2D eigenvalue weighted by molar-refractivity contribution is 0.414. The van der Waals surface area contributed by atoms with Gasteiger partial charge in [0.25, 0.3) is 0 Å². The van der Waals surface area contributed by atoms with E-state index in [1.807, 2.05) is 24.0 Å². The summed E-state index contributed by atoms with van der Waals surface area (Å²) in [6.45, 7) is 4.36. The Morgan fingerprint density at radius 3 is 2.67 bits per heavy atom. The number of fused-ring (bicyclic) bond motifs is 1. The minimum absolute atomic E-state index is 0.479. The van der Waals surface area contributed by atoms with Gasteiger partial charge >= 0.3 is 0 Å². The maximum Gasteiger partial charge on any atom is 0.121 e. The van der Waals surface area contributed by atoms with E-state index in [-0.39, 0.29) is 0 Å². The fourth-order valence-electron chi connectivity index (χ4n) is 1.84. The minimum Gasteiger partial charge on any atom is -0.497 e. The van der Waals surface area contributed by atoms with Gasteiger partial charge in [-0.05, 0) is 17.5 Å². The monoisotopic (exact) mass is 204 g/mol. The highest BCUT2D eigenvalue weighted by atomic mass is 16.5. The summed E-state index contributed by atoms with van der Waals surface area (Å²) < 4.78 is 7.18. The first kappa shape index (κ1) is 10.0. The molecule has 80 valence electrons. The number of rotatable bonds is 2. The predicted molar refractivity (Wildman–Crippen MR) is 61.4 cm³/mol. The first-order valence-corrected chi connectivity index (χ1v) is 5.13. The molecule has 1 aromatic heterocycles. The van der Waals surface area contributed by atoms with Crippen LogP contribution in [0.25, 0.3) is 10.9 Å². The molecular formula is C12H16N2O. The molecule has 0 aliphatic carbocycles. The van der Waals surface area contributed by atoms with E-state index in [4.69, 9.17) is 4.74 Å². The van der Waals surface area contributed by atoms with Gasteiger partial charge in [-0.25, -0.2) is 0 Å². The van der Waals surface area contributed by atoms with E-state index in [0.717, 1.165) is 11.3 Å². The van der Waals surface area contributed by atoms with Gasteiger partial charge in [-0.3, -0.25) is 4.68 Å². The van der Waals surface area contributed by atoms with Crippen molar-refractivity contribution in [3.8, 4) is 5.75 Å². The number of hydrogen-bond acceptors (Lipinski definition) is 2. The number of aromatic nitrogens is 2. The van der Waals surface area contributed by atoms with Gasteiger partial charge in [-0.1, -0.05) is 13.8 Å². The second-order valence-electron chi connectivity index (χ2n) is 4.07. The molecule has 15 heavy (non-hydrogen) atoms. The molecule has 2 rings (SSSR count). The molecule has 0 saturated carbocycles. The zero-order chi connectivity index (χ0) is 11.0. The van der Waals surface area contributed by atoms with Crippen LogP contribution < -0.4 is 4.74 Å². The molecule has 1 aromatic carbocycles. The maximum atomic E-state index is 5.30. The van der Waals surface area contributed by atoms with E-state index in [9.17, 15) is 0 Å². The topological polar surface area (TPSA) is 27.1 Å². The molecule has 0 saturated heterocycles. The Bertz CT molecular complexity index is 486. The van der Waals surface area contributed by atoms with Crippen molar-refractivity contribution in [1.82, 2.24) is 9.78 Å². The van der Waals surface area contributed by atoms with Crippen molar-refractivity contribution in [1.29, 1.82) is 0 Å². The number of aryl methyl sites for hydroxylation is 1. The second-order valence-corrected chi connectivity index (χ2v) is 4.07. The van der Waals surface area contributed by atoms with Gasteiger partial charge in [-0.15, -0.1) is 0 Å². The maximum absolute atomic E-state index is 5.30. The summed E-state index contributed by atoms with van der Waals surface area (Å²) in [4.78, 5) is 0. The molecular weight excluding hydrogens is 188 g/mol. The Hall–Kier alpha value is -1.51. The largest absolute Gasteiger partial charge is 0.497 e. The van der Waals surface area contributed by atoms with Crippen LogP contribution in [-0.2, 0) is 7.05 Å². The first-order chi connectivity index (χ1) is 7.13. The van der Waals surface area contributed by atoms with Gasteiger partial charge in [0.2, 0.25) is 0 Å². The number of methoxy groups -OCH3 is 1. The van der Waals surface area contributed by atoms with E-state index in [0.29, 0.717) is 5.92 Å². The highest BCUT2D eigenvalue weighted by molar-refractivity contribution is 5.84. The van der Waals surface area contributed by atoms with Crippen LogP contribution in [-0.4, -0.2) is 16.9 Å². The highest BCUT2D eigenvalue weighted by Crippen LogP contribution is 2.29. The van der Waals surface area contributed by atoms with Crippen molar-refractivity contribution in [2.75, 3.05) is 7.11 Å². The SMILES string of the molecule is COc1cc(C(C)C)c2cnn(C)c2c1. The summed E-state index contributed by atoms with van der Waals surface area (Å²) in [6.07, 6.45) is 1.92. The molecule has 0 bridgehead atoms. The van der Waals surface area contributed by atoms with E-state index >= 15 is 0 Å². The molecule has 0 N–H and O–H groups in total. The van der Waals surface area contributed by atoms with E-state index in [2.05, 4.69) is 25.0 Å². The van der Waals surface area contributed by atoms with Crippen molar-refractivity contribution in [3.63, 3.8) is 0 Å². The minimum atomic E-state index is 0.479. The molecule has 0 aliphatic heterocycles. The van der Waals surface area contributed by atoms with E-state index in [1.165, 1.54) is 10.9 Å². The molecule has 1 heterocycles. The van der Waals surface area contributed by atoms with Crippen molar-refractivity contribution < 1.29 is 4.74 Å². The lowest BCUT2D eigenvalue weighted by Crippen LogP contribution is -1.94.